The van der Waals surface area contributed by atoms with Crippen LogP contribution in [0, 0.1) is 6.92 Å². The number of halogens is 1. The molecule has 2 amide bonds. The minimum atomic E-state index is -0.214. The van der Waals surface area contributed by atoms with Gasteiger partial charge in [0, 0.05) is 43.3 Å². The zero-order valence-electron chi connectivity index (χ0n) is 18.5. The van der Waals surface area contributed by atoms with Crippen molar-refractivity contribution in [2.24, 2.45) is 0 Å². The number of carbonyl (C=O) groups excluding carboxylic acids is 2. The number of carbonyl (C=O) groups is 2. The zero-order chi connectivity index (χ0) is 23.2. The topological polar surface area (TPSA) is 78.4 Å². The van der Waals surface area contributed by atoms with Crippen LogP contribution in [0.1, 0.15) is 42.7 Å². The van der Waals surface area contributed by atoms with E-state index in [0.29, 0.717) is 41.8 Å². The number of rotatable bonds is 6. The standard InChI is InChI=1S/C24H26ClN5O2S/c1-17-6-8-18(9-7-17)15-26-22(31)23-28-27-21(33-23)16-29-10-3-11-30(13-12-29)24(32)19-4-2-5-20(25)14-19/h2,4-9,14H,3,10-13,15-16H2,1H3,(H,26,31). The van der Waals surface area contributed by atoms with Crippen LogP contribution in [0.25, 0.3) is 0 Å². The van der Waals surface area contributed by atoms with Crippen LogP contribution in [-0.2, 0) is 13.1 Å². The minimum absolute atomic E-state index is 0.00259. The molecule has 0 spiro atoms. The normalized spacial score (nSPS) is 14.7. The first-order valence-corrected chi connectivity index (χ1v) is 12.1. The first-order valence-electron chi connectivity index (χ1n) is 10.9. The van der Waals surface area contributed by atoms with Gasteiger partial charge in [0.05, 0.1) is 6.54 Å². The molecule has 1 fully saturated rings. The highest BCUT2D eigenvalue weighted by Crippen LogP contribution is 2.17. The van der Waals surface area contributed by atoms with Gasteiger partial charge in [-0.3, -0.25) is 14.5 Å². The number of nitrogens with one attached hydrogen (secondary N) is 1. The van der Waals surface area contributed by atoms with Gasteiger partial charge in [0.25, 0.3) is 11.8 Å². The Balaban J connectivity index is 1.28. The summed E-state index contributed by atoms with van der Waals surface area (Å²) in [6.45, 7) is 6.02. The third-order valence-electron chi connectivity index (χ3n) is 5.54. The summed E-state index contributed by atoms with van der Waals surface area (Å²) >= 11 is 7.35. The van der Waals surface area contributed by atoms with Crippen molar-refractivity contribution in [3.05, 3.63) is 80.3 Å². The largest absolute Gasteiger partial charge is 0.346 e. The molecule has 9 heteroatoms. The lowest BCUT2D eigenvalue weighted by Gasteiger charge is -2.21. The van der Waals surface area contributed by atoms with Crippen LogP contribution >= 0.6 is 22.9 Å². The fourth-order valence-corrected chi connectivity index (χ4v) is 4.69. The number of aryl methyl sites for hydroxylation is 1. The smallest absolute Gasteiger partial charge is 0.282 e. The quantitative estimate of drug-likeness (QED) is 0.577. The number of benzene rings is 2. The maximum absolute atomic E-state index is 12.8. The second-order valence-corrected chi connectivity index (χ2v) is 9.60. The van der Waals surface area contributed by atoms with Crippen molar-refractivity contribution in [2.45, 2.75) is 26.4 Å². The summed E-state index contributed by atoms with van der Waals surface area (Å²) in [4.78, 5) is 29.4. The Morgan fingerprint density at radius 2 is 1.88 bits per heavy atom. The molecule has 2 heterocycles. The van der Waals surface area contributed by atoms with Gasteiger partial charge in [-0.2, -0.15) is 0 Å². The molecule has 0 saturated carbocycles. The summed E-state index contributed by atoms with van der Waals surface area (Å²) in [7, 11) is 0. The number of aromatic nitrogens is 2. The van der Waals surface area contributed by atoms with Crippen molar-refractivity contribution in [3.63, 3.8) is 0 Å². The molecule has 1 aromatic heterocycles. The molecule has 2 aromatic carbocycles. The molecule has 0 aliphatic carbocycles. The second kappa shape index (κ2) is 10.9. The van der Waals surface area contributed by atoms with E-state index < -0.39 is 0 Å². The lowest BCUT2D eigenvalue weighted by molar-refractivity contribution is 0.0761. The molecule has 3 aromatic rings. The van der Waals surface area contributed by atoms with Gasteiger partial charge in [0.1, 0.15) is 5.01 Å². The molecule has 1 N–H and O–H groups in total. The molecule has 33 heavy (non-hydrogen) atoms. The van der Waals surface area contributed by atoms with E-state index in [9.17, 15) is 9.59 Å². The molecule has 1 aliphatic rings. The van der Waals surface area contributed by atoms with Crippen LogP contribution < -0.4 is 5.32 Å². The van der Waals surface area contributed by atoms with Crippen molar-refractivity contribution in [2.75, 3.05) is 26.2 Å². The Morgan fingerprint density at radius 3 is 2.67 bits per heavy atom. The van der Waals surface area contributed by atoms with Gasteiger partial charge in [-0.1, -0.05) is 58.8 Å². The van der Waals surface area contributed by atoms with Crippen molar-refractivity contribution in [3.8, 4) is 0 Å². The summed E-state index contributed by atoms with van der Waals surface area (Å²) in [6.07, 6.45) is 0.870. The van der Waals surface area contributed by atoms with Gasteiger partial charge in [0.2, 0.25) is 5.01 Å². The maximum atomic E-state index is 12.8. The van der Waals surface area contributed by atoms with Crippen LogP contribution in [0.5, 0.6) is 0 Å². The third kappa shape index (κ3) is 6.37. The molecular formula is C24H26ClN5O2S. The van der Waals surface area contributed by atoms with E-state index >= 15 is 0 Å². The minimum Gasteiger partial charge on any atom is -0.346 e. The van der Waals surface area contributed by atoms with Gasteiger partial charge in [0.15, 0.2) is 0 Å². The molecular weight excluding hydrogens is 458 g/mol. The highest BCUT2D eigenvalue weighted by Gasteiger charge is 2.22. The van der Waals surface area contributed by atoms with Crippen molar-refractivity contribution in [1.82, 2.24) is 25.3 Å². The molecule has 0 bridgehead atoms. The Labute approximate surface area is 202 Å². The summed E-state index contributed by atoms with van der Waals surface area (Å²) in [6, 6.07) is 15.1. The third-order valence-corrected chi connectivity index (χ3v) is 6.68. The summed E-state index contributed by atoms with van der Waals surface area (Å²) < 4.78 is 0. The Kier molecular flexibility index (Phi) is 7.69. The van der Waals surface area contributed by atoms with Crippen LogP contribution in [0.4, 0.5) is 0 Å². The highest BCUT2D eigenvalue weighted by atomic mass is 35.5. The SMILES string of the molecule is Cc1ccc(CNC(=O)c2nnc(CN3CCCN(C(=O)c4cccc(Cl)c4)CC3)s2)cc1. The first kappa shape index (κ1) is 23.4. The van der Waals surface area contributed by atoms with Crippen molar-refractivity contribution >= 4 is 34.8 Å². The van der Waals surface area contributed by atoms with Gasteiger partial charge in [-0.25, -0.2) is 0 Å². The van der Waals surface area contributed by atoms with Crippen LogP contribution in [0.3, 0.4) is 0 Å². The number of nitrogens with zero attached hydrogens (tertiary/aromatic N) is 4. The predicted octanol–water partition coefficient (Wildman–Crippen LogP) is 3.78. The highest BCUT2D eigenvalue weighted by molar-refractivity contribution is 7.13. The van der Waals surface area contributed by atoms with E-state index in [-0.39, 0.29) is 11.8 Å². The number of amides is 2. The lowest BCUT2D eigenvalue weighted by Crippen LogP contribution is -2.35. The Hall–Kier alpha value is -2.81. The molecule has 4 rings (SSSR count). The summed E-state index contributed by atoms with van der Waals surface area (Å²) in [5.41, 5.74) is 2.84. The Bertz CT molecular complexity index is 1120. The zero-order valence-corrected chi connectivity index (χ0v) is 20.0. The fourth-order valence-electron chi connectivity index (χ4n) is 3.70. The number of hydrogen-bond acceptors (Lipinski definition) is 6. The van der Waals surface area contributed by atoms with E-state index in [4.69, 9.17) is 11.6 Å². The Morgan fingerprint density at radius 1 is 1.06 bits per heavy atom. The second-order valence-electron chi connectivity index (χ2n) is 8.10. The number of hydrogen-bond donors (Lipinski definition) is 1. The van der Waals surface area contributed by atoms with E-state index in [0.717, 1.165) is 30.1 Å². The van der Waals surface area contributed by atoms with E-state index in [1.165, 1.54) is 16.9 Å². The molecule has 1 aliphatic heterocycles. The summed E-state index contributed by atoms with van der Waals surface area (Å²) in [5.74, 6) is -0.212. The van der Waals surface area contributed by atoms with Crippen LogP contribution in [0.2, 0.25) is 5.02 Å². The lowest BCUT2D eigenvalue weighted by atomic mass is 10.1. The average Bonchev–Trinajstić information content (AvgIpc) is 3.16. The molecule has 0 unspecified atom stereocenters. The van der Waals surface area contributed by atoms with Crippen LogP contribution in [0.15, 0.2) is 48.5 Å². The summed E-state index contributed by atoms with van der Waals surface area (Å²) in [5, 5.41) is 12.9. The van der Waals surface area contributed by atoms with Gasteiger partial charge >= 0.3 is 0 Å². The van der Waals surface area contributed by atoms with Gasteiger partial charge in [-0.15, -0.1) is 10.2 Å². The monoisotopic (exact) mass is 483 g/mol. The van der Waals surface area contributed by atoms with E-state index in [1.807, 2.05) is 36.1 Å². The van der Waals surface area contributed by atoms with Crippen LogP contribution in [-0.4, -0.2) is 58.0 Å². The van der Waals surface area contributed by atoms with Gasteiger partial charge in [-0.05, 0) is 37.1 Å². The molecule has 0 radical (unpaired) electrons. The molecule has 1 saturated heterocycles. The first-order chi connectivity index (χ1) is 16.0. The van der Waals surface area contributed by atoms with Crippen molar-refractivity contribution in [1.29, 1.82) is 0 Å². The predicted molar refractivity (Wildman–Crippen MR) is 130 cm³/mol. The maximum Gasteiger partial charge on any atom is 0.282 e. The molecule has 172 valence electrons. The molecule has 7 nitrogen and oxygen atoms in total. The van der Waals surface area contributed by atoms with E-state index in [2.05, 4.69) is 20.4 Å². The average molecular weight is 484 g/mol. The fraction of sp³-hybridized carbons (Fsp3) is 0.333. The van der Waals surface area contributed by atoms with Gasteiger partial charge < -0.3 is 10.2 Å². The molecule has 0 atom stereocenters. The van der Waals surface area contributed by atoms with Crippen molar-refractivity contribution < 1.29 is 9.59 Å². The van der Waals surface area contributed by atoms with E-state index in [1.54, 1.807) is 24.3 Å².